The molecule has 4 heteroatoms. The van der Waals surface area contributed by atoms with Gasteiger partial charge >= 0.3 is 6.09 Å². The largest absolute Gasteiger partial charge is 0.445 e. The van der Waals surface area contributed by atoms with Crippen molar-refractivity contribution in [3.05, 3.63) is 35.9 Å². The molecule has 0 bridgehead atoms. The zero-order valence-corrected chi connectivity index (χ0v) is 11.9. The molecule has 0 heterocycles. The summed E-state index contributed by atoms with van der Waals surface area (Å²) in [5.74, 6) is 0.498. The first-order chi connectivity index (χ1) is 9.79. The molecule has 0 unspecified atom stereocenters. The highest BCUT2D eigenvalue weighted by atomic mass is 16.5. The Balaban J connectivity index is 1.77. The minimum absolute atomic E-state index is 0.0403. The highest BCUT2D eigenvalue weighted by Crippen LogP contribution is 2.26. The zero-order chi connectivity index (χ0) is 14.2. The maximum absolute atomic E-state index is 11.8. The number of ether oxygens (including phenoxy) is 1. The van der Waals surface area contributed by atoms with Crippen LogP contribution in [0.3, 0.4) is 0 Å². The number of benzene rings is 1. The Morgan fingerprint density at radius 1 is 1.25 bits per heavy atom. The molecule has 3 N–H and O–H groups in total. The Bertz CT molecular complexity index is 402. The molecule has 0 radical (unpaired) electrons. The lowest BCUT2D eigenvalue weighted by Crippen LogP contribution is -2.46. The summed E-state index contributed by atoms with van der Waals surface area (Å²) in [7, 11) is 0. The summed E-state index contributed by atoms with van der Waals surface area (Å²) in [6.07, 6.45) is 5.72. The lowest BCUT2D eigenvalue weighted by molar-refractivity contribution is 0.129. The van der Waals surface area contributed by atoms with Gasteiger partial charge in [0, 0.05) is 12.6 Å². The second-order valence-electron chi connectivity index (χ2n) is 5.45. The van der Waals surface area contributed by atoms with Gasteiger partial charge in [-0.15, -0.1) is 0 Å². The number of amides is 1. The molecule has 1 fully saturated rings. The molecule has 0 spiro atoms. The van der Waals surface area contributed by atoms with Gasteiger partial charge in [-0.3, -0.25) is 0 Å². The van der Waals surface area contributed by atoms with Gasteiger partial charge in [0.2, 0.25) is 0 Å². The summed E-state index contributed by atoms with van der Waals surface area (Å²) >= 11 is 0. The number of hydrogen-bond acceptors (Lipinski definition) is 3. The summed E-state index contributed by atoms with van der Waals surface area (Å²) in [4.78, 5) is 11.8. The predicted octanol–water partition coefficient (Wildman–Crippen LogP) is 2.82. The predicted molar refractivity (Wildman–Crippen MR) is 79.2 cm³/mol. The second kappa shape index (κ2) is 7.90. The first-order valence-electron chi connectivity index (χ1n) is 7.47. The molecule has 1 saturated carbocycles. The summed E-state index contributed by atoms with van der Waals surface area (Å²) in [6, 6.07) is 9.72. The highest BCUT2D eigenvalue weighted by molar-refractivity contribution is 5.67. The van der Waals surface area contributed by atoms with E-state index in [1.165, 1.54) is 19.3 Å². The van der Waals surface area contributed by atoms with Crippen molar-refractivity contribution < 1.29 is 9.53 Å². The number of carbonyl (C=O) groups is 1. The van der Waals surface area contributed by atoms with Crippen LogP contribution in [-0.2, 0) is 11.3 Å². The van der Waals surface area contributed by atoms with Crippen LogP contribution in [0.4, 0.5) is 4.79 Å². The van der Waals surface area contributed by atoms with Gasteiger partial charge in [0.15, 0.2) is 0 Å². The molecule has 1 aromatic rings. The maximum atomic E-state index is 11.8. The molecule has 0 saturated heterocycles. The summed E-state index contributed by atoms with van der Waals surface area (Å²) in [6.45, 7) is 0.778. The highest BCUT2D eigenvalue weighted by Gasteiger charge is 2.24. The Hall–Kier alpha value is -1.55. The number of alkyl carbamates (subject to hydrolysis) is 1. The first-order valence-corrected chi connectivity index (χ1v) is 7.47. The average Bonchev–Trinajstić information content (AvgIpc) is 2.52. The Morgan fingerprint density at radius 3 is 2.60 bits per heavy atom. The average molecular weight is 276 g/mol. The van der Waals surface area contributed by atoms with Crippen molar-refractivity contribution in [3.63, 3.8) is 0 Å². The Labute approximate surface area is 120 Å². The van der Waals surface area contributed by atoms with E-state index < -0.39 is 0 Å². The van der Waals surface area contributed by atoms with Crippen molar-refractivity contribution in [2.24, 2.45) is 11.7 Å². The quantitative estimate of drug-likeness (QED) is 0.869. The van der Waals surface area contributed by atoms with E-state index in [-0.39, 0.29) is 12.1 Å². The molecule has 0 aliphatic heterocycles. The van der Waals surface area contributed by atoms with Crippen LogP contribution in [-0.4, -0.2) is 18.7 Å². The molecule has 0 aromatic heterocycles. The fourth-order valence-corrected chi connectivity index (χ4v) is 2.82. The number of carbonyl (C=O) groups excluding carboxylic acids is 1. The van der Waals surface area contributed by atoms with Crippen LogP contribution in [0, 0.1) is 5.92 Å². The van der Waals surface area contributed by atoms with Gasteiger partial charge in [0.25, 0.3) is 0 Å². The number of nitrogens with one attached hydrogen (secondary N) is 1. The zero-order valence-electron chi connectivity index (χ0n) is 11.9. The van der Waals surface area contributed by atoms with Crippen LogP contribution in [0.2, 0.25) is 0 Å². The second-order valence-corrected chi connectivity index (χ2v) is 5.45. The Morgan fingerprint density at radius 2 is 1.95 bits per heavy atom. The van der Waals surface area contributed by atoms with Gasteiger partial charge in [-0.25, -0.2) is 4.79 Å². The normalized spacial score (nSPS) is 17.4. The van der Waals surface area contributed by atoms with Crippen LogP contribution in [0.25, 0.3) is 0 Å². The van der Waals surface area contributed by atoms with E-state index in [0.717, 1.165) is 18.4 Å². The topological polar surface area (TPSA) is 64.3 Å². The van der Waals surface area contributed by atoms with Gasteiger partial charge in [0.05, 0.1) is 0 Å². The third kappa shape index (κ3) is 4.53. The van der Waals surface area contributed by atoms with Crippen molar-refractivity contribution in [1.82, 2.24) is 5.32 Å². The van der Waals surface area contributed by atoms with Crippen molar-refractivity contribution in [2.75, 3.05) is 6.54 Å². The van der Waals surface area contributed by atoms with Crippen molar-refractivity contribution in [2.45, 2.75) is 44.8 Å². The molecule has 1 aromatic carbocycles. The van der Waals surface area contributed by atoms with Crippen LogP contribution < -0.4 is 11.1 Å². The lowest BCUT2D eigenvalue weighted by atomic mass is 9.84. The van der Waals surface area contributed by atoms with E-state index in [4.69, 9.17) is 10.5 Å². The van der Waals surface area contributed by atoms with E-state index in [9.17, 15) is 4.79 Å². The van der Waals surface area contributed by atoms with Crippen LogP contribution in [0.15, 0.2) is 30.3 Å². The molecule has 1 aliphatic carbocycles. The van der Waals surface area contributed by atoms with Gasteiger partial charge < -0.3 is 15.8 Å². The number of hydrogen-bond donors (Lipinski definition) is 2. The standard InChI is InChI=1S/C16H24N2O2/c17-11-15(14-9-5-2-6-10-14)18-16(19)20-12-13-7-3-1-4-8-13/h1,3-4,7-8,14-15H,2,5-6,9-12,17H2,(H,18,19)/t15-/m1/s1. The summed E-state index contributed by atoms with van der Waals surface area (Å²) in [5, 5.41) is 2.92. The van der Waals surface area contributed by atoms with Crippen molar-refractivity contribution in [3.8, 4) is 0 Å². The van der Waals surface area contributed by atoms with E-state index >= 15 is 0 Å². The molecule has 1 amide bonds. The van der Waals surface area contributed by atoms with Gasteiger partial charge in [-0.2, -0.15) is 0 Å². The smallest absolute Gasteiger partial charge is 0.407 e. The minimum atomic E-state index is -0.366. The number of rotatable bonds is 5. The molecule has 1 aliphatic rings. The van der Waals surface area contributed by atoms with E-state index in [0.29, 0.717) is 19.1 Å². The van der Waals surface area contributed by atoms with Crippen LogP contribution >= 0.6 is 0 Å². The van der Waals surface area contributed by atoms with Crippen molar-refractivity contribution in [1.29, 1.82) is 0 Å². The molecular weight excluding hydrogens is 252 g/mol. The van der Waals surface area contributed by atoms with E-state index in [1.807, 2.05) is 30.3 Å². The van der Waals surface area contributed by atoms with Crippen LogP contribution in [0.1, 0.15) is 37.7 Å². The molecule has 20 heavy (non-hydrogen) atoms. The van der Waals surface area contributed by atoms with Gasteiger partial charge in [-0.1, -0.05) is 49.6 Å². The van der Waals surface area contributed by atoms with Crippen molar-refractivity contribution >= 4 is 6.09 Å². The fraction of sp³-hybridized carbons (Fsp3) is 0.562. The molecule has 110 valence electrons. The third-order valence-corrected chi connectivity index (χ3v) is 3.99. The SMILES string of the molecule is NC[C@@H](NC(=O)OCc1ccccc1)C1CCCCC1. The molecular formula is C16H24N2O2. The third-order valence-electron chi connectivity index (χ3n) is 3.99. The monoisotopic (exact) mass is 276 g/mol. The Kier molecular flexibility index (Phi) is 5.87. The molecule has 1 atom stereocenters. The van der Waals surface area contributed by atoms with Gasteiger partial charge in [-0.05, 0) is 24.3 Å². The maximum Gasteiger partial charge on any atom is 0.407 e. The minimum Gasteiger partial charge on any atom is -0.445 e. The molecule has 4 nitrogen and oxygen atoms in total. The van der Waals surface area contributed by atoms with Gasteiger partial charge in [0.1, 0.15) is 6.61 Å². The summed E-state index contributed by atoms with van der Waals surface area (Å²) in [5.41, 5.74) is 6.78. The lowest BCUT2D eigenvalue weighted by Gasteiger charge is -2.29. The number of nitrogens with two attached hydrogens (primary N) is 1. The fourth-order valence-electron chi connectivity index (χ4n) is 2.82. The molecule has 2 rings (SSSR count). The summed E-state index contributed by atoms with van der Waals surface area (Å²) < 4.78 is 5.25. The van der Waals surface area contributed by atoms with E-state index in [2.05, 4.69) is 5.32 Å². The van der Waals surface area contributed by atoms with E-state index in [1.54, 1.807) is 0 Å². The van der Waals surface area contributed by atoms with Crippen LogP contribution in [0.5, 0.6) is 0 Å². The first kappa shape index (κ1) is 14.9.